The molecule has 3 heterocycles. The molecular formula is C18H10ClF2N5. The fraction of sp³-hybridized carbons (Fsp3) is 0.111. The van der Waals surface area contributed by atoms with Crippen LogP contribution in [0.25, 0.3) is 27.7 Å². The van der Waals surface area contributed by atoms with E-state index >= 15 is 0 Å². The van der Waals surface area contributed by atoms with E-state index in [1.807, 2.05) is 12.1 Å². The number of alkyl halides is 2. The number of nitriles is 1. The van der Waals surface area contributed by atoms with Crippen LogP contribution in [0.2, 0.25) is 5.02 Å². The van der Waals surface area contributed by atoms with Crippen LogP contribution >= 0.6 is 11.6 Å². The van der Waals surface area contributed by atoms with Crippen LogP contribution in [-0.4, -0.2) is 19.6 Å². The molecule has 26 heavy (non-hydrogen) atoms. The predicted octanol–water partition coefficient (Wildman–Crippen LogP) is 4.72. The Bertz CT molecular complexity index is 1210. The van der Waals surface area contributed by atoms with Crippen LogP contribution in [-0.2, 0) is 0 Å². The van der Waals surface area contributed by atoms with Gasteiger partial charge in [0.05, 0.1) is 5.52 Å². The van der Waals surface area contributed by atoms with Crippen LogP contribution < -0.4 is 0 Å². The van der Waals surface area contributed by atoms with Crippen LogP contribution in [0.1, 0.15) is 23.4 Å². The third kappa shape index (κ3) is 2.47. The minimum Gasteiger partial charge on any atom is -0.256 e. The van der Waals surface area contributed by atoms with Crippen molar-refractivity contribution >= 4 is 28.2 Å². The maximum Gasteiger partial charge on any atom is 0.283 e. The number of aromatic nitrogens is 4. The monoisotopic (exact) mass is 369 g/mol. The molecule has 3 aromatic heterocycles. The van der Waals surface area contributed by atoms with Crippen molar-refractivity contribution in [1.29, 1.82) is 5.26 Å². The number of hydrogen-bond acceptors (Lipinski definition) is 4. The van der Waals surface area contributed by atoms with Gasteiger partial charge in [-0.3, -0.25) is 4.98 Å². The van der Waals surface area contributed by atoms with Gasteiger partial charge in [0.25, 0.3) is 6.43 Å². The Balaban J connectivity index is 2.02. The fourth-order valence-corrected chi connectivity index (χ4v) is 3.12. The molecule has 0 amide bonds. The molecule has 0 atom stereocenters. The summed E-state index contributed by atoms with van der Waals surface area (Å²) in [5.41, 5.74) is 2.18. The Morgan fingerprint density at radius 3 is 2.77 bits per heavy atom. The normalized spacial score (nSPS) is 11.4. The molecule has 0 saturated heterocycles. The first-order chi connectivity index (χ1) is 12.5. The Labute approximate surface area is 151 Å². The Hall–Kier alpha value is -3.11. The molecule has 0 saturated carbocycles. The van der Waals surface area contributed by atoms with Crippen molar-refractivity contribution in [2.24, 2.45) is 0 Å². The van der Waals surface area contributed by atoms with Gasteiger partial charge in [0.2, 0.25) is 0 Å². The highest BCUT2D eigenvalue weighted by Gasteiger charge is 2.22. The van der Waals surface area contributed by atoms with Crippen molar-refractivity contribution in [2.75, 3.05) is 0 Å². The van der Waals surface area contributed by atoms with Gasteiger partial charge in [-0.2, -0.15) is 10.4 Å². The predicted molar refractivity (Wildman–Crippen MR) is 93.1 cm³/mol. The van der Waals surface area contributed by atoms with Crippen LogP contribution in [0, 0.1) is 18.3 Å². The highest BCUT2D eigenvalue weighted by atomic mass is 35.5. The van der Waals surface area contributed by atoms with Gasteiger partial charge in [-0.25, -0.2) is 18.3 Å². The van der Waals surface area contributed by atoms with Crippen molar-refractivity contribution in [3.05, 3.63) is 58.6 Å². The van der Waals surface area contributed by atoms with E-state index in [9.17, 15) is 14.0 Å². The molecule has 0 aliphatic rings. The number of pyridine rings is 1. The van der Waals surface area contributed by atoms with E-state index < -0.39 is 12.1 Å². The quantitative estimate of drug-likeness (QED) is 0.513. The summed E-state index contributed by atoms with van der Waals surface area (Å²) in [6.45, 7) is 1.76. The number of rotatable bonds is 2. The Morgan fingerprint density at radius 2 is 2.04 bits per heavy atom. The summed E-state index contributed by atoms with van der Waals surface area (Å²) in [7, 11) is 0. The van der Waals surface area contributed by atoms with Crippen molar-refractivity contribution in [3.63, 3.8) is 0 Å². The molecule has 1 aromatic carbocycles. The Kier molecular flexibility index (Phi) is 3.78. The molecule has 0 radical (unpaired) electrons. The smallest absolute Gasteiger partial charge is 0.256 e. The SMILES string of the molecule is Cc1nc2c(C#N)c(C(F)F)nn2cc1-c1ccnc2cc(Cl)ccc12. The molecule has 0 unspecified atom stereocenters. The van der Waals surface area contributed by atoms with Gasteiger partial charge in [0, 0.05) is 34.1 Å². The molecule has 0 N–H and O–H groups in total. The van der Waals surface area contributed by atoms with Crippen LogP contribution in [0.3, 0.4) is 0 Å². The van der Waals surface area contributed by atoms with E-state index in [-0.39, 0.29) is 11.2 Å². The number of hydrogen-bond donors (Lipinski definition) is 0. The first-order valence-corrected chi connectivity index (χ1v) is 8.00. The number of aryl methyl sites for hydroxylation is 1. The second-order valence-corrected chi connectivity index (χ2v) is 6.14. The molecule has 0 spiro atoms. The average molecular weight is 370 g/mol. The van der Waals surface area contributed by atoms with Crippen LogP contribution in [0.15, 0.2) is 36.7 Å². The number of benzene rings is 1. The minimum absolute atomic E-state index is 0.116. The van der Waals surface area contributed by atoms with Crippen molar-refractivity contribution in [1.82, 2.24) is 19.6 Å². The molecule has 128 valence electrons. The van der Waals surface area contributed by atoms with E-state index in [1.54, 1.807) is 37.5 Å². The Morgan fingerprint density at radius 1 is 1.23 bits per heavy atom. The molecule has 5 nitrogen and oxygen atoms in total. The van der Waals surface area contributed by atoms with E-state index in [0.29, 0.717) is 21.8 Å². The first kappa shape index (κ1) is 16.4. The fourth-order valence-electron chi connectivity index (χ4n) is 2.96. The molecule has 4 rings (SSSR count). The lowest BCUT2D eigenvalue weighted by Gasteiger charge is -2.09. The summed E-state index contributed by atoms with van der Waals surface area (Å²) in [6.07, 6.45) is 0.402. The summed E-state index contributed by atoms with van der Waals surface area (Å²) in [4.78, 5) is 8.65. The maximum atomic E-state index is 13.1. The number of nitrogens with zero attached hydrogens (tertiary/aromatic N) is 5. The summed E-state index contributed by atoms with van der Waals surface area (Å²) in [6, 6.07) is 8.94. The molecule has 0 bridgehead atoms. The first-order valence-electron chi connectivity index (χ1n) is 7.62. The van der Waals surface area contributed by atoms with Crippen molar-refractivity contribution < 1.29 is 8.78 Å². The lowest BCUT2D eigenvalue weighted by atomic mass is 10.0. The molecule has 0 aliphatic carbocycles. The van der Waals surface area contributed by atoms with E-state index in [0.717, 1.165) is 10.9 Å². The molecule has 0 aliphatic heterocycles. The zero-order valence-electron chi connectivity index (χ0n) is 13.4. The van der Waals surface area contributed by atoms with Crippen LogP contribution in [0.5, 0.6) is 0 Å². The minimum atomic E-state index is -2.85. The second kappa shape index (κ2) is 6.00. The van der Waals surface area contributed by atoms with E-state index in [1.165, 1.54) is 4.52 Å². The molecule has 8 heteroatoms. The lowest BCUT2D eigenvalue weighted by molar-refractivity contribution is 0.145. The zero-order valence-corrected chi connectivity index (χ0v) is 14.2. The average Bonchev–Trinajstić information content (AvgIpc) is 2.98. The van der Waals surface area contributed by atoms with Gasteiger partial charge in [-0.05, 0) is 30.7 Å². The number of halogens is 3. The third-order valence-corrected chi connectivity index (χ3v) is 4.38. The third-order valence-electron chi connectivity index (χ3n) is 4.14. The van der Waals surface area contributed by atoms with E-state index in [2.05, 4.69) is 15.1 Å². The molecule has 4 aromatic rings. The van der Waals surface area contributed by atoms with Gasteiger partial charge in [-0.15, -0.1) is 0 Å². The van der Waals surface area contributed by atoms with Crippen LogP contribution in [0.4, 0.5) is 8.78 Å². The molecular weight excluding hydrogens is 360 g/mol. The van der Waals surface area contributed by atoms with Gasteiger partial charge in [-0.1, -0.05) is 17.7 Å². The standard InChI is InChI=1S/C18H10ClF2N5/c1-9-14(11-4-5-23-15-6-10(19)2-3-12(11)15)8-26-18(24-9)13(7-22)16(25-26)17(20)21/h2-6,8,17H,1H3. The summed E-state index contributed by atoms with van der Waals surface area (Å²) < 4.78 is 27.5. The summed E-state index contributed by atoms with van der Waals surface area (Å²) >= 11 is 6.02. The highest BCUT2D eigenvalue weighted by Crippen LogP contribution is 2.32. The molecule has 0 fully saturated rings. The van der Waals surface area contributed by atoms with Crippen molar-refractivity contribution in [3.8, 4) is 17.2 Å². The topological polar surface area (TPSA) is 66.9 Å². The van der Waals surface area contributed by atoms with Crippen molar-refractivity contribution in [2.45, 2.75) is 13.3 Å². The number of fused-ring (bicyclic) bond motifs is 2. The highest BCUT2D eigenvalue weighted by molar-refractivity contribution is 6.31. The van der Waals surface area contributed by atoms with Gasteiger partial charge in [0.15, 0.2) is 5.65 Å². The maximum absolute atomic E-state index is 13.1. The zero-order chi connectivity index (χ0) is 18.4. The summed E-state index contributed by atoms with van der Waals surface area (Å²) in [5, 5.41) is 14.5. The largest absolute Gasteiger partial charge is 0.283 e. The van der Waals surface area contributed by atoms with Gasteiger partial charge in [0.1, 0.15) is 17.3 Å². The lowest BCUT2D eigenvalue weighted by Crippen LogP contribution is -1.97. The van der Waals surface area contributed by atoms with Gasteiger partial charge < -0.3 is 0 Å². The van der Waals surface area contributed by atoms with E-state index in [4.69, 9.17) is 11.6 Å². The summed E-state index contributed by atoms with van der Waals surface area (Å²) in [5.74, 6) is 0. The van der Waals surface area contributed by atoms with Gasteiger partial charge >= 0.3 is 0 Å². The second-order valence-electron chi connectivity index (χ2n) is 5.70.